The molecule has 0 spiro atoms. The minimum Gasteiger partial charge on any atom is -0.467 e. The van der Waals surface area contributed by atoms with Crippen molar-refractivity contribution >= 4 is 34.3 Å². The molecule has 0 unspecified atom stereocenters. The maximum absolute atomic E-state index is 11.9. The van der Waals surface area contributed by atoms with Crippen molar-refractivity contribution in [3.05, 3.63) is 35.0 Å². The zero-order chi connectivity index (χ0) is 25.5. The molecular weight excluding hydrogens is 496 g/mol. The van der Waals surface area contributed by atoms with Gasteiger partial charge < -0.3 is 19.1 Å². The van der Waals surface area contributed by atoms with Gasteiger partial charge in [0, 0.05) is 23.0 Å². The number of esters is 1. The van der Waals surface area contributed by atoms with E-state index in [-0.39, 0.29) is 12.1 Å². The summed E-state index contributed by atoms with van der Waals surface area (Å²) in [6.07, 6.45) is 4.93. The normalized spacial score (nSPS) is 22.2. The van der Waals surface area contributed by atoms with Crippen LogP contribution in [-0.2, 0) is 14.3 Å². The molecule has 196 valence electrons. The van der Waals surface area contributed by atoms with Crippen LogP contribution in [0.25, 0.3) is 16.7 Å². The summed E-state index contributed by atoms with van der Waals surface area (Å²) >= 11 is 6.76. The third-order valence-corrected chi connectivity index (χ3v) is 7.97. The first-order valence-corrected chi connectivity index (χ1v) is 13.3. The second kappa shape index (κ2) is 10.1. The van der Waals surface area contributed by atoms with Gasteiger partial charge in [0.25, 0.3) is 0 Å². The molecule has 2 bridgehead atoms. The Morgan fingerprint density at radius 2 is 2.00 bits per heavy atom. The average Bonchev–Trinajstić information content (AvgIpc) is 3.64. The van der Waals surface area contributed by atoms with Crippen LogP contribution in [-0.4, -0.2) is 89.3 Å². The summed E-state index contributed by atoms with van der Waals surface area (Å²) in [5, 5.41) is 6.34. The van der Waals surface area contributed by atoms with Crippen molar-refractivity contribution in [2.45, 2.75) is 44.2 Å². The maximum atomic E-state index is 11.9. The van der Waals surface area contributed by atoms with Gasteiger partial charge in [0.1, 0.15) is 5.82 Å². The van der Waals surface area contributed by atoms with E-state index < -0.39 is 0 Å². The van der Waals surface area contributed by atoms with Crippen LogP contribution in [0.2, 0.25) is 5.02 Å². The average molecular weight is 527 g/mol. The van der Waals surface area contributed by atoms with Crippen molar-refractivity contribution in [3.63, 3.8) is 0 Å². The summed E-state index contributed by atoms with van der Waals surface area (Å²) in [7, 11) is 1.58. The minimum absolute atomic E-state index is 0.168. The van der Waals surface area contributed by atoms with Gasteiger partial charge in [0.05, 0.1) is 50.7 Å². The van der Waals surface area contributed by atoms with E-state index in [0.717, 1.165) is 72.8 Å². The number of hydrogen-bond donors (Lipinski definition) is 0. The largest absolute Gasteiger partial charge is 0.467 e. The Hall–Kier alpha value is -2.95. The SMILES string of the molecule is CCOC(=O)CN1CCC(c2cc3c(cnn3-c3cc(N4C[C@H]5C[C@@H]4CO5)nc(OC)n3)cc2Cl)CC1. The number of benzene rings is 1. The summed E-state index contributed by atoms with van der Waals surface area (Å²) in [6, 6.07) is 6.72. The highest BCUT2D eigenvalue weighted by Crippen LogP contribution is 2.37. The third kappa shape index (κ3) is 4.73. The quantitative estimate of drug-likeness (QED) is 0.430. The fraction of sp³-hybridized carbons (Fsp3) is 0.538. The van der Waals surface area contributed by atoms with Crippen LogP contribution >= 0.6 is 11.6 Å². The smallest absolute Gasteiger partial charge is 0.320 e. The molecule has 0 amide bonds. The van der Waals surface area contributed by atoms with Gasteiger partial charge in [-0.1, -0.05) is 11.6 Å². The number of fused-ring (bicyclic) bond motifs is 3. The second-order valence-electron chi connectivity index (χ2n) is 9.91. The van der Waals surface area contributed by atoms with E-state index in [1.165, 1.54) is 0 Å². The molecule has 10 nitrogen and oxygen atoms in total. The summed E-state index contributed by atoms with van der Waals surface area (Å²) in [4.78, 5) is 25.5. The molecule has 0 aliphatic carbocycles. The lowest BCUT2D eigenvalue weighted by molar-refractivity contribution is -0.144. The van der Waals surface area contributed by atoms with Crippen LogP contribution in [0.1, 0.15) is 37.7 Å². The van der Waals surface area contributed by atoms with E-state index in [9.17, 15) is 4.79 Å². The molecule has 1 aromatic carbocycles. The first kappa shape index (κ1) is 24.4. The molecule has 11 heteroatoms. The van der Waals surface area contributed by atoms with Crippen molar-refractivity contribution in [1.82, 2.24) is 24.6 Å². The highest BCUT2D eigenvalue weighted by Gasteiger charge is 2.40. The van der Waals surface area contributed by atoms with Crippen molar-refractivity contribution in [3.8, 4) is 11.8 Å². The van der Waals surface area contributed by atoms with Crippen LogP contribution in [0.15, 0.2) is 24.4 Å². The van der Waals surface area contributed by atoms with Gasteiger partial charge in [-0.2, -0.15) is 15.1 Å². The molecule has 5 heterocycles. The van der Waals surface area contributed by atoms with Gasteiger partial charge >= 0.3 is 12.0 Å². The van der Waals surface area contributed by atoms with Gasteiger partial charge in [0.2, 0.25) is 0 Å². The van der Waals surface area contributed by atoms with E-state index in [2.05, 4.69) is 30.9 Å². The number of carbonyl (C=O) groups excluding carboxylic acids is 1. The summed E-state index contributed by atoms with van der Waals surface area (Å²) < 4.78 is 18.2. The van der Waals surface area contributed by atoms with Crippen molar-refractivity contribution in [2.24, 2.45) is 0 Å². The molecule has 0 saturated carbocycles. The molecule has 6 rings (SSSR count). The number of anilines is 1. The highest BCUT2D eigenvalue weighted by molar-refractivity contribution is 6.32. The highest BCUT2D eigenvalue weighted by atomic mass is 35.5. The first-order chi connectivity index (χ1) is 18.0. The van der Waals surface area contributed by atoms with E-state index in [1.54, 1.807) is 7.11 Å². The fourth-order valence-electron chi connectivity index (χ4n) is 5.78. The number of nitrogens with zero attached hydrogens (tertiary/aromatic N) is 6. The van der Waals surface area contributed by atoms with Gasteiger partial charge in [-0.3, -0.25) is 9.69 Å². The number of carbonyl (C=O) groups is 1. The van der Waals surface area contributed by atoms with Crippen LogP contribution in [0.5, 0.6) is 6.01 Å². The molecule has 37 heavy (non-hydrogen) atoms. The van der Waals surface area contributed by atoms with E-state index in [0.29, 0.717) is 36.9 Å². The number of piperidine rings is 1. The van der Waals surface area contributed by atoms with Gasteiger partial charge in [-0.05, 0) is 62.9 Å². The van der Waals surface area contributed by atoms with Gasteiger partial charge in [0.15, 0.2) is 5.82 Å². The molecule has 3 aliphatic heterocycles. The molecule has 3 aliphatic rings. The zero-order valence-corrected chi connectivity index (χ0v) is 21.9. The summed E-state index contributed by atoms with van der Waals surface area (Å²) in [6.45, 7) is 5.76. The van der Waals surface area contributed by atoms with Crippen LogP contribution in [0, 0.1) is 0 Å². The molecule has 3 aromatic rings. The van der Waals surface area contributed by atoms with E-state index >= 15 is 0 Å². The number of morpholine rings is 1. The molecule has 2 atom stereocenters. The Balaban J connectivity index is 1.28. The number of rotatable bonds is 7. The van der Waals surface area contributed by atoms with Crippen molar-refractivity contribution < 1.29 is 19.0 Å². The van der Waals surface area contributed by atoms with Crippen molar-refractivity contribution in [1.29, 1.82) is 0 Å². The molecule has 3 fully saturated rings. The third-order valence-electron chi connectivity index (χ3n) is 7.64. The minimum atomic E-state index is -0.168. The second-order valence-corrected chi connectivity index (χ2v) is 10.3. The lowest BCUT2D eigenvalue weighted by Crippen LogP contribution is -2.37. The Kier molecular flexibility index (Phi) is 6.64. The standard InChI is InChI=1S/C26H31ClN6O4/c1-3-36-25(34)14-31-6-4-16(5-7-31)20-10-22-17(8-21(20)27)12-28-33(22)24-11-23(29-26(30-24)35-2)32-13-19-9-18(32)15-37-19/h8,10-12,16,18-19H,3-7,9,13-15H2,1-2H3/t18-,19-/m1/s1. The molecule has 2 aromatic heterocycles. The molecule has 0 N–H and O–H groups in total. The molecule has 3 saturated heterocycles. The van der Waals surface area contributed by atoms with Crippen LogP contribution < -0.4 is 9.64 Å². The number of aromatic nitrogens is 4. The summed E-state index contributed by atoms with van der Waals surface area (Å²) in [5.74, 6) is 1.61. The molecule has 0 radical (unpaired) electrons. The number of ether oxygens (including phenoxy) is 3. The number of methoxy groups -OCH3 is 1. The van der Waals surface area contributed by atoms with Gasteiger partial charge in [-0.25, -0.2) is 4.68 Å². The predicted octanol–water partition coefficient (Wildman–Crippen LogP) is 3.20. The summed E-state index contributed by atoms with van der Waals surface area (Å²) in [5.41, 5.74) is 2.04. The Morgan fingerprint density at radius 1 is 1.19 bits per heavy atom. The number of likely N-dealkylation sites (tertiary alicyclic amines) is 1. The van der Waals surface area contributed by atoms with Gasteiger partial charge in [-0.15, -0.1) is 0 Å². The maximum Gasteiger partial charge on any atom is 0.320 e. The van der Waals surface area contributed by atoms with E-state index in [4.69, 9.17) is 25.8 Å². The Bertz CT molecular complexity index is 1310. The number of hydrogen-bond acceptors (Lipinski definition) is 9. The van der Waals surface area contributed by atoms with Crippen molar-refractivity contribution in [2.75, 3.05) is 51.4 Å². The van der Waals surface area contributed by atoms with Crippen LogP contribution in [0.3, 0.4) is 0 Å². The number of halogens is 1. The first-order valence-electron chi connectivity index (χ1n) is 12.9. The topological polar surface area (TPSA) is 94.8 Å². The van der Waals surface area contributed by atoms with Crippen LogP contribution in [0.4, 0.5) is 5.82 Å². The van der Waals surface area contributed by atoms with E-state index in [1.807, 2.05) is 29.9 Å². The monoisotopic (exact) mass is 526 g/mol. The lowest BCUT2D eigenvalue weighted by Gasteiger charge is -2.31. The Morgan fingerprint density at radius 3 is 2.70 bits per heavy atom. The zero-order valence-electron chi connectivity index (χ0n) is 21.1. The lowest BCUT2D eigenvalue weighted by atomic mass is 9.89. The fourth-order valence-corrected chi connectivity index (χ4v) is 6.10. The Labute approximate surface area is 220 Å². The predicted molar refractivity (Wildman–Crippen MR) is 139 cm³/mol. The molecular formula is C26H31ClN6O4.